The molecule has 0 bridgehead atoms. The van der Waals surface area contributed by atoms with Gasteiger partial charge in [0.1, 0.15) is 11.4 Å². The second kappa shape index (κ2) is 8.83. The van der Waals surface area contributed by atoms with Crippen LogP contribution in [0.2, 0.25) is 0 Å². The first-order valence-electron chi connectivity index (χ1n) is 12.6. The number of piperidine rings is 1. The van der Waals surface area contributed by atoms with Crippen LogP contribution in [-0.2, 0) is 24.5 Å². The minimum Gasteiger partial charge on any atom is -0.482 e. The van der Waals surface area contributed by atoms with Crippen LogP contribution in [0.3, 0.4) is 0 Å². The molecule has 184 valence electrons. The average Bonchev–Trinajstić information content (AvgIpc) is 3.27. The van der Waals surface area contributed by atoms with Crippen LogP contribution >= 0.6 is 0 Å². The minimum absolute atomic E-state index is 0.0631. The van der Waals surface area contributed by atoms with Crippen LogP contribution in [0.15, 0.2) is 48.7 Å². The molecule has 3 heterocycles. The second-order valence-electron chi connectivity index (χ2n) is 10.6. The monoisotopic (exact) mass is 473 g/mol. The third-order valence-electron chi connectivity index (χ3n) is 7.73. The van der Waals surface area contributed by atoms with Crippen molar-refractivity contribution in [2.45, 2.75) is 57.5 Å². The van der Waals surface area contributed by atoms with Gasteiger partial charge in [0, 0.05) is 55.1 Å². The van der Waals surface area contributed by atoms with E-state index in [1.807, 2.05) is 73.1 Å². The van der Waals surface area contributed by atoms with Crippen molar-refractivity contribution in [2.75, 3.05) is 19.7 Å². The van der Waals surface area contributed by atoms with Gasteiger partial charge in [-0.15, -0.1) is 0 Å². The fourth-order valence-electron chi connectivity index (χ4n) is 5.68. The van der Waals surface area contributed by atoms with E-state index >= 15 is 0 Å². The van der Waals surface area contributed by atoms with Crippen molar-refractivity contribution in [1.29, 1.82) is 0 Å². The molecule has 2 aliphatic rings. The fraction of sp³-hybridized carbons (Fsp3) is 0.448. The minimum atomic E-state index is -0.461. The lowest BCUT2D eigenvalue weighted by molar-refractivity contribution is -0.00172. The smallest absolute Gasteiger partial charge is 0.253 e. The number of ether oxygens (including phenoxy) is 1. The summed E-state index contributed by atoms with van der Waals surface area (Å²) in [4.78, 5) is 15.5. The number of benzene rings is 2. The van der Waals surface area contributed by atoms with E-state index < -0.39 is 5.60 Å². The van der Waals surface area contributed by atoms with Crippen molar-refractivity contribution in [1.82, 2.24) is 14.7 Å². The summed E-state index contributed by atoms with van der Waals surface area (Å²) in [5.74, 6) is 0.947. The first-order valence-corrected chi connectivity index (χ1v) is 12.6. The molecule has 6 nitrogen and oxygen atoms in total. The molecular weight excluding hydrogens is 438 g/mol. The Kier molecular flexibility index (Phi) is 5.96. The summed E-state index contributed by atoms with van der Waals surface area (Å²) in [6.07, 6.45) is 5.26. The van der Waals surface area contributed by atoms with Gasteiger partial charge in [-0.25, -0.2) is 0 Å². The Morgan fingerprint density at radius 1 is 1.17 bits per heavy atom. The second-order valence-corrected chi connectivity index (χ2v) is 10.6. The van der Waals surface area contributed by atoms with Crippen LogP contribution in [0.4, 0.5) is 0 Å². The molecular formula is C29H35N3O3. The number of aryl methyl sites for hydroxylation is 2. The number of rotatable bonds is 5. The molecule has 6 heteroatoms. The first kappa shape index (κ1) is 23.6. The number of fused-ring (bicyclic) bond motifs is 4. The number of hydrogen-bond donors (Lipinski definition) is 1. The Morgan fingerprint density at radius 3 is 2.63 bits per heavy atom. The predicted molar refractivity (Wildman–Crippen MR) is 137 cm³/mol. The van der Waals surface area contributed by atoms with Crippen molar-refractivity contribution >= 4 is 5.91 Å². The molecule has 35 heavy (non-hydrogen) atoms. The van der Waals surface area contributed by atoms with E-state index in [2.05, 4.69) is 18.1 Å². The molecule has 1 aromatic heterocycles. The highest BCUT2D eigenvalue weighted by Crippen LogP contribution is 2.49. The number of carbonyl (C=O) groups is 1. The Hall–Kier alpha value is -3.12. The van der Waals surface area contributed by atoms with Gasteiger partial charge in [0.15, 0.2) is 0 Å². The average molecular weight is 474 g/mol. The zero-order valence-corrected chi connectivity index (χ0v) is 21.2. The van der Waals surface area contributed by atoms with E-state index in [-0.39, 0.29) is 17.9 Å². The van der Waals surface area contributed by atoms with Crippen LogP contribution in [0, 0.1) is 0 Å². The van der Waals surface area contributed by atoms with Crippen molar-refractivity contribution < 1.29 is 14.6 Å². The third kappa shape index (κ3) is 3.94. The third-order valence-corrected chi connectivity index (χ3v) is 7.73. The molecule has 0 saturated carbocycles. The lowest BCUT2D eigenvalue weighted by atomic mass is 9.80. The summed E-state index contributed by atoms with van der Waals surface area (Å²) in [5.41, 5.74) is 5.49. The molecule has 1 spiro atoms. The fourth-order valence-corrected chi connectivity index (χ4v) is 5.68. The van der Waals surface area contributed by atoms with Crippen molar-refractivity contribution in [3.63, 3.8) is 0 Å². The summed E-state index contributed by atoms with van der Waals surface area (Å²) < 4.78 is 8.57. The van der Waals surface area contributed by atoms with E-state index in [0.29, 0.717) is 13.1 Å². The van der Waals surface area contributed by atoms with Gasteiger partial charge in [0.25, 0.3) is 5.91 Å². The number of aliphatic hydroxyl groups is 1. The topological polar surface area (TPSA) is 67.6 Å². The van der Waals surface area contributed by atoms with E-state index in [9.17, 15) is 9.90 Å². The van der Waals surface area contributed by atoms with Gasteiger partial charge >= 0.3 is 0 Å². The number of hydrogen-bond acceptors (Lipinski definition) is 4. The Bertz CT molecular complexity index is 1250. The van der Waals surface area contributed by atoms with Gasteiger partial charge in [-0.05, 0) is 41.8 Å². The van der Waals surface area contributed by atoms with E-state index in [4.69, 9.17) is 4.74 Å². The molecule has 0 unspecified atom stereocenters. The van der Waals surface area contributed by atoms with Crippen molar-refractivity contribution in [3.05, 3.63) is 70.9 Å². The standard InChI is InChI=1S/C29H35N3O3/c1-5-8-20-17-21(11-12-23(20)28(2,3)19-33)27(34)32-15-13-29(14-16-32)24-18-30-31(4)26(24)22-9-6-7-10-25(22)35-29/h6-7,9-12,17-18,33H,5,8,13-16,19H2,1-4H3. The molecule has 0 atom stereocenters. The number of aliphatic hydroxyl groups excluding tert-OH is 1. The summed E-state index contributed by atoms with van der Waals surface area (Å²) in [7, 11) is 1.98. The largest absolute Gasteiger partial charge is 0.482 e. The highest BCUT2D eigenvalue weighted by molar-refractivity contribution is 5.94. The summed E-state index contributed by atoms with van der Waals surface area (Å²) in [6, 6.07) is 14.1. The molecule has 1 N–H and O–H groups in total. The number of para-hydroxylation sites is 1. The van der Waals surface area contributed by atoms with E-state index in [1.54, 1.807) is 0 Å². The van der Waals surface area contributed by atoms with Crippen LogP contribution in [-0.4, -0.2) is 45.4 Å². The lowest BCUT2D eigenvalue weighted by Crippen LogP contribution is -2.49. The van der Waals surface area contributed by atoms with Gasteiger partial charge < -0.3 is 14.7 Å². The summed E-state index contributed by atoms with van der Waals surface area (Å²) >= 11 is 0. The summed E-state index contributed by atoms with van der Waals surface area (Å²) in [5, 5.41) is 14.4. The molecule has 1 fully saturated rings. The van der Waals surface area contributed by atoms with Crippen molar-refractivity contribution in [2.24, 2.45) is 7.05 Å². The highest BCUT2D eigenvalue weighted by Gasteiger charge is 2.46. The number of aromatic nitrogens is 2. The Labute approximate surface area is 207 Å². The molecule has 2 aliphatic heterocycles. The van der Waals surface area contributed by atoms with Gasteiger partial charge in [0.05, 0.1) is 18.5 Å². The van der Waals surface area contributed by atoms with Crippen molar-refractivity contribution in [3.8, 4) is 17.0 Å². The predicted octanol–water partition coefficient (Wildman–Crippen LogP) is 4.83. The zero-order valence-electron chi connectivity index (χ0n) is 21.2. The maximum absolute atomic E-state index is 13.5. The zero-order chi connectivity index (χ0) is 24.8. The van der Waals surface area contributed by atoms with Gasteiger partial charge in [0.2, 0.25) is 0 Å². The van der Waals surface area contributed by atoms with E-state index in [1.165, 1.54) is 0 Å². The van der Waals surface area contributed by atoms with Gasteiger partial charge in [-0.1, -0.05) is 45.4 Å². The summed E-state index contributed by atoms with van der Waals surface area (Å²) in [6.45, 7) is 7.56. The normalized spacial score (nSPS) is 16.5. The molecule has 5 rings (SSSR count). The quantitative estimate of drug-likeness (QED) is 0.576. The van der Waals surface area contributed by atoms with Gasteiger partial charge in [-0.3, -0.25) is 9.48 Å². The molecule has 0 aliphatic carbocycles. The molecule has 0 radical (unpaired) electrons. The van der Waals surface area contributed by atoms with E-state index in [0.717, 1.165) is 64.9 Å². The SMILES string of the molecule is CCCc1cc(C(=O)N2CCC3(CC2)Oc2ccccc2-c2c3cnn2C)ccc1C(C)(C)CO. The van der Waals surface area contributed by atoms with Crippen LogP contribution < -0.4 is 4.74 Å². The molecule has 3 aromatic rings. The first-order chi connectivity index (χ1) is 16.8. The number of amides is 1. The van der Waals surface area contributed by atoms with Crippen LogP contribution in [0.1, 0.15) is 67.1 Å². The highest BCUT2D eigenvalue weighted by atomic mass is 16.5. The molecule has 1 amide bonds. The molecule has 2 aromatic carbocycles. The maximum Gasteiger partial charge on any atom is 0.253 e. The number of nitrogens with zero attached hydrogens (tertiary/aromatic N) is 3. The maximum atomic E-state index is 13.5. The van der Waals surface area contributed by atoms with Gasteiger partial charge in [-0.2, -0.15) is 5.10 Å². The van der Waals surface area contributed by atoms with Crippen LogP contribution in [0.25, 0.3) is 11.3 Å². The Balaban J connectivity index is 1.39. The molecule has 1 saturated heterocycles. The Morgan fingerprint density at radius 2 is 1.91 bits per heavy atom. The lowest BCUT2D eigenvalue weighted by Gasteiger charge is -2.44. The number of carbonyl (C=O) groups excluding carboxylic acids is 1. The van der Waals surface area contributed by atoms with Crippen LogP contribution in [0.5, 0.6) is 5.75 Å². The number of likely N-dealkylation sites (tertiary alicyclic amines) is 1.